The predicted octanol–water partition coefficient (Wildman–Crippen LogP) is 5.91. The van der Waals surface area contributed by atoms with Crippen LogP contribution < -0.4 is 5.32 Å². The van der Waals surface area contributed by atoms with Crippen LogP contribution in [0, 0.1) is 26.2 Å². The van der Waals surface area contributed by atoms with Crippen LogP contribution in [0.15, 0.2) is 48.9 Å². The van der Waals surface area contributed by atoms with E-state index in [1.54, 1.807) is 21.5 Å². The first-order valence-corrected chi connectivity index (χ1v) is 15.0. The van der Waals surface area contributed by atoms with Crippen LogP contribution in [0.1, 0.15) is 63.6 Å². The normalized spacial score (nSPS) is 21.8. The number of halogens is 3. The lowest BCUT2D eigenvalue weighted by Gasteiger charge is -2.27. The summed E-state index contributed by atoms with van der Waals surface area (Å²) >= 11 is 0. The number of anilines is 1. The number of likely N-dealkylation sites (tertiary alicyclic amines) is 1. The molecule has 5 heterocycles. The zero-order valence-corrected chi connectivity index (χ0v) is 25.9. The molecule has 13 heteroatoms. The van der Waals surface area contributed by atoms with E-state index in [0.717, 1.165) is 28.5 Å². The second-order valence-electron chi connectivity index (χ2n) is 12.6. The molecule has 1 aromatic carbocycles. The lowest BCUT2D eigenvalue weighted by molar-refractivity contribution is -0.141. The third-order valence-corrected chi connectivity index (χ3v) is 9.10. The summed E-state index contributed by atoms with van der Waals surface area (Å²) in [7, 11) is 0. The van der Waals surface area contributed by atoms with Crippen molar-refractivity contribution in [2.24, 2.45) is 5.41 Å². The second-order valence-corrected chi connectivity index (χ2v) is 12.6. The van der Waals surface area contributed by atoms with Gasteiger partial charge in [0, 0.05) is 51.3 Å². The summed E-state index contributed by atoms with van der Waals surface area (Å²) in [4.78, 5) is 50.0. The van der Waals surface area contributed by atoms with E-state index < -0.39 is 48.0 Å². The van der Waals surface area contributed by atoms with Crippen LogP contribution in [0.25, 0.3) is 27.7 Å². The molecule has 1 aliphatic carbocycles. The molecule has 0 unspecified atom stereocenters. The summed E-state index contributed by atoms with van der Waals surface area (Å²) < 4.78 is 68.1. The Kier molecular flexibility index (Phi) is 6.04. The van der Waals surface area contributed by atoms with Crippen LogP contribution in [0.2, 0.25) is 0 Å². The summed E-state index contributed by atoms with van der Waals surface area (Å²) in [6.07, 6.45) is 0.340. The van der Waals surface area contributed by atoms with Crippen LogP contribution in [0.4, 0.5) is 19.0 Å². The number of pyridine rings is 1. The fourth-order valence-corrected chi connectivity index (χ4v) is 6.71. The molecule has 1 N–H and O–H groups in total. The van der Waals surface area contributed by atoms with Crippen LogP contribution in [-0.2, 0) is 22.3 Å². The van der Waals surface area contributed by atoms with Gasteiger partial charge in [-0.05, 0) is 80.8 Å². The van der Waals surface area contributed by atoms with E-state index in [4.69, 9.17) is 4.11 Å². The Hall–Kier alpha value is -5.07. The first-order valence-electron chi connectivity index (χ1n) is 16.5. The van der Waals surface area contributed by atoms with Crippen molar-refractivity contribution in [3.63, 3.8) is 0 Å². The molecule has 1 aliphatic heterocycles. The molecular formula is C34H32F3N7O3. The molecule has 10 nitrogen and oxygen atoms in total. The first kappa shape index (κ1) is 27.1. The molecule has 3 atom stereocenters. The maximum absolute atomic E-state index is 14.2. The van der Waals surface area contributed by atoms with Gasteiger partial charge in [0.2, 0.25) is 11.8 Å². The molecule has 5 aromatic rings. The van der Waals surface area contributed by atoms with Gasteiger partial charge in [0.05, 0.1) is 11.2 Å². The van der Waals surface area contributed by atoms with E-state index in [1.165, 1.54) is 24.8 Å². The lowest BCUT2D eigenvalue weighted by atomic mass is 10.0. The van der Waals surface area contributed by atoms with Gasteiger partial charge in [-0.3, -0.25) is 14.4 Å². The second kappa shape index (κ2) is 10.5. The quantitative estimate of drug-likeness (QED) is 0.230. The number of piperidine rings is 1. The van der Waals surface area contributed by atoms with Crippen molar-refractivity contribution in [3.8, 4) is 11.1 Å². The third kappa shape index (κ3) is 5.23. The van der Waals surface area contributed by atoms with Crippen molar-refractivity contribution in [1.82, 2.24) is 29.0 Å². The predicted molar refractivity (Wildman–Crippen MR) is 168 cm³/mol. The van der Waals surface area contributed by atoms with Gasteiger partial charge in [-0.2, -0.15) is 18.3 Å². The molecule has 47 heavy (non-hydrogen) atoms. The van der Waals surface area contributed by atoms with Gasteiger partial charge in [-0.1, -0.05) is 12.9 Å². The van der Waals surface area contributed by atoms with Gasteiger partial charge >= 0.3 is 6.18 Å². The van der Waals surface area contributed by atoms with Crippen LogP contribution >= 0.6 is 0 Å². The number of Topliss-reactive ketones (excluding diaryl/α,β-unsaturated/α-hetero) is 1. The number of aromatic nitrogens is 5. The van der Waals surface area contributed by atoms with E-state index >= 15 is 0 Å². The molecule has 1 saturated carbocycles. The average molecular weight is 647 g/mol. The van der Waals surface area contributed by atoms with E-state index in [-0.39, 0.29) is 36.6 Å². The minimum Gasteiger partial charge on any atom is -0.337 e. The number of ketones is 1. The highest BCUT2D eigenvalue weighted by Crippen LogP contribution is 2.59. The highest BCUT2D eigenvalue weighted by atomic mass is 19.4. The highest BCUT2D eigenvalue weighted by molar-refractivity contribution is 6.09. The van der Waals surface area contributed by atoms with Crippen LogP contribution in [0.5, 0.6) is 0 Å². The fraction of sp³-hybridized carbons (Fsp3) is 0.353. The monoisotopic (exact) mass is 646 g/mol. The van der Waals surface area contributed by atoms with Crippen molar-refractivity contribution in [2.45, 2.75) is 72.2 Å². The minimum atomic E-state index is -4.75. The molecule has 4 aromatic heterocycles. The van der Waals surface area contributed by atoms with E-state index in [1.807, 2.05) is 38.2 Å². The number of carbonyl (C=O) groups is 3. The van der Waals surface area contributed by atoms with Crippen LogP contribution in [-0.4, -0.2) is 58.7 Å². The SMILES string of the molecule is [2H]C([2H])([2H])[C@@]12C[C@@H](C(=O)Nc3nc(C(F)(F)F)ccc3C)N(C(=O)Cn3cc(C(C)=O)c4cc(-c5cnc6cc(C)nn6c5)cc(C)c43)[C@@H]1C2. The Bertz CT molecular complexity index is 2260. The van der Waals surface area contributed by atoms with E-state index in [0.29, 0.717) is 22.1 Å². The Labute approximate surface area is 271 Å². The number of hydrogen-bond donors (Lipinski definition) is 1. The molecule has 2 fully saturated rings. The van der Waals surface area contributed by atoms with Gasteiger partial charge in [0.15, 0.2) is 11.4 Å². The number of nitrogens with zero attached hydrogens (tertiary/aromatic N) is 6. The summed E-state index contributed by atoms with van der Waals surface area (Å²) in [5.41, 5.74) is 2.50. The average Bonchev–Trinajstić information content (AvgIpc) is 3.28. The Morgan fingerprint density at radius 3 is 2.57 bits per heavy atom. The number of amides is 2. The van der Waals surface area contributed by atoms with Gasteiger partial charge in [0.1, 0.15) is 24.1 Å². The summed E-state index contributed by atoms with van der Waals surface area (Å²) in [5.74, 6) is -1.96. The maximum atomic E-state index is 14.2. The molecule has 0 spiro atoms. The number of fused-ring (bicyclic) bond motifs is 3. The lowest BCUT2D eigenvalue weighted by Crippen LogP contribution is -2.46. The zero-order valence-electron chi connectivity index (χ0n) is 28.9. The molecule has 7 rings (SSSR count). The molecule has 242 valence electrons. The summed E-state index contributed by atoms with van der Waals surface area (Å²) in [6, 6.07) is 5.53. The van der Waals surface area contributed by atoms with Gasteiger partial charge in [-0.25, -0.2) is 14.5 Å². The number of alkyl halides is 3. The molecule has 0 radical (unpaired) electrons. The third-order valence-electron chi connectivity index (χ3n) is 9.10. The highest BCUT2D eigenvalue weighted by Gasteiger charge is 2.64. The topological polar surface area (TPSA) is 114 Å². The zero-order chi connectivity index (χ0) is 36.1. The number of benzene rings is 1. The van der Waals surface area contributed by atoms with Crippen molar-refractivity contribution < 1.29 is 31.7 Å². The van der Waals surface area contributed by atoms with Crippen molar-refractivity contribution in [3.05, 3.63) is 77.0 Å². The standard InChI is InChI=1S/C34H32F3N7O3/c1-17-6-7-26(34(35,36)37)39-31(17)40-32(47)25-11-33(5)12-27(33)44(25)29(46)16-42-15-24(20(4)45)23-10-21(8-18(2)30(23)42)22-13-38-28-9-19(3)41-43(28)14-22/h6-10,13-15,25,27H,11-12,16H2,1-5H3,(H,39,40,47)/t25-,27+,33-/m0/s1/i5D3. The van der Waals surface area contributed by atoms with Gasteiger partial charge < -0.3 is 14.8 Å². The molecule has 2 amide bonds. The number of hydrogen-bond acceptors (Lipinski definition) is 6. The molecule has 1 saturated heterocycles. The first-order chi connectivity index (χ1) is 23.4. The van der Waals surface area contributed by atoms with E-state index in [9.17, 15) is 27.6 Å². The van der Waals surface area contributed by atoms with Crippen LogP contribution in [0.3, 0.4) is 0 Å². The Morgan fingerprint density at radius 1 is 1.06 bits per heavy atom. The maximum Gasteiger partial charge on any atom is 0.433 e. The molecular weight excluding hydrogens is 611 g/mol. The molecule has 0 bridgehead atoms. The van der Waals surface area contributed by atoms with Gasteiger partial charge in [-0.15, -0.1) is 0 Å². The minimum absolute atomic E-state index is 0.154. The smallest absolute Gasteiger partial charge is 0.337 e. The number of nitrogens with one attached hydrogen (secondary N) is 1. The van der Waals surface area contributed by atoms with Gasteiger partial charge in [0.25, 0.3) is 0 Å². The summed E-state index contributed by atoms with van der Waals surface area (Å²) in [6.45, 7) is 3.80. The van der Waals surface area contributed by atoms with Crippen molar-refractivity contribution in [1.29, 1.82) is 0 Å². The van der Waals surface area contributed by atoms with E-state index in [2.05, 4.69) is 20.4 Å². The number of aryl methyl sites for hydroxylation is 3. The van der Waals surface area contributed by atoms with Crippen molar-refractivity contribution >= 4 is 40.0 Å². The molecule has 2 aliphatic rings. The number of carbonyl (C=O) groups excluding carboxylic acids is 3. The largest absolute Gasteiger partial charge is 0.433 e. The van der Waals surface area contributed by atoms with Crippen molar-refractivity contribution in [2.75, 3.05) is 5.32 Å². The Morgan fingerprint density at radius 2 is 1.85 bits per heavy atom. The summed E-state index contributed by atoms with van der Waals surface area (Å²) in [5, 5.41) is 7.46. The Balaban J connectivity index is 1.23. The fourth-order valence-electron chi connectivity index (χ4n) is 6.71. The number of rotatable bonds is 6.